The van der Waals surface area contributed by atoms with Crippen molar-refractivity contribution in [1.82, 2.24) is 9.97 Å². The number of benzene rings is 1. The van der Waals surface area contributed by atoms with Crippen LogP contribution in [0.15, 0.2) is 42.6 Å². The molecule has 2 heterocycles. The van der Waals surface area contributed by atoms with Crippen molar-refractivity contribution in [3.63, 3.8) is 0 Å². The Labute approximate surface area is 131 Å². The molecule has 6 heteroatoms. The van der Waals surface area contributed by atoms with Gasteiger partial charge in [-0.25, -0.2) is 19.2 Å². The summed E-state index contributed by atoms with van der Waals surface area (Å²) in [6.45, 7) is 0. The molecule has 0 atom stereocenters. The maximum absolute atomic E-state index is 14.0. The smallest absolute Gasteiger partial charge is 0.354 e. The fourth-order valence-corrected chi connectivity index (χ4v) is 2.43. The van der Waals surface area contributed by atoms with Crippen molar-refractivity contribution in [2.75, 3.05) is 7.11 Å². The standard InChI is InChI=1S/C17H13FN2O3/c1-23-15-8-10(5-6-19-15)7-11-9-14(17(21)22)20-16-12(11)3-2-4-13(16)18/h2-6,8-9H,7H2,1H3,(H,21,22). The fourth-order valence-electron chi connectivity index (χ4n) is 2.43. The quantitative estimate of drug-likeness (QED) is 0.801. The van der Waals surface area contributed by atoms with Crippen molar-refractivity contribution >= 4 is 16.9 Å². The molecule has 0 unspecified atom stereocenters. The van der Waals surface area contributed by atoms with Crippen LogP contribution in [0.5, 0.6) is 5.88 Å². The lowest BCUT2D eigenvalue weighted by Crippen LogP contribution is -2.04. The first kappa shape index (κ1) is 14.9. The molecule has 23 heavy (non-hydrogen) atoms. The number of hydrogen-bond acceptors (Lipinski definition) is 4. The highest BCUT2D eigenvalue weighted by molar-refractivity contribution is 5.91. The highest BCUT2D eigenvalue weighted by atomic mass is 19.1. The van der Waals surface area contributed by atoms with Gasteiger partial charge in [0, 0.05) is 17.6 Å². The van der Waals surface area contributed by atoms with Gasteiger partial charge in [0.05, 0.1) is 7.11 Å². The second kappa shape index (κ2) is 6.00. The third-order valence-corrected chi connectivity index (χ3v) is 3.50. The van der Waals surface area contributed by atoms with Crippen LogP contribution in [-0.2, 0) is 6.42 Å². The molecular weight excluding hydrogens is 299 g/mol. The summed E-state index contributed by atoms with van der Waals surface area (Å²) in [5.74, 6) is -1.27. The van der Waals surface area contributed by atoms with Crippen LogP contribution in [-0.4, -0.2) is 28.2 Å². The van der Waals surface area contributed by atoms with Crippen LogP contribution in [0.1, 0.15) is 21.6 Å². The van der Waals surface area contributed by atoms with E-state index in [2.05, 4.69) is 9.97 Å². The Balaban J connectivity index is 2.15. The van der Waals surface area contributed by atoms with Crippen molar-refractivity contribution in [1.29, 1.82) is 0 Å². The monoisotopic (exact) mass is 312 g/mol. The van der Waals surface area contributed by atoms with Crippen LogP contribution < -0.4 is 4.74 Å². The highest BCUT2D eigenvalue weighted by Gasteiger charge is 2.14. The van der Waals surface area contributed by atoms with Gasteiger partial charge in [-0.1, -0.05) is 12.1 Å². The number of nitrogens with zero attached hydrogens (tertiary/aromatic N) is 2. The number of ether oxygens (including phenoxy) is 1. The average molecular weight is 312 g/mol. The third-order valence-electron chi connectivity index (χ3n) is 3.50. The van der Waals surface area contributed by atoms with E-state index in [9.17, 15) is 14.3 Å². The number of halogens is 1. The van der Waals surface area contributed by atoms with Crippen LogP contribution in [0.2, 0.25) is 0 Å². The first-order valence-corrected chi connectivity index (χ1v) is 6.89. The van der Waals surface area contributed by atoms with Crippen LogP contribution in [0, 0.1) is 5.82 Å². The summed E-state index contributed by atoms with van der Waals surface area (Å²) in [5, 5.41) is 9.78. The van der Waals surface area contributed by atoms with Crippen molar-refractivity contribution < 1.29 is 19.0 Å². The van der Waals surface area contributed by atoms with Gasteiger partial charge in [-0.2, -0.15) is 0 Å². The molecule has 1 aromatic carbocycles. The summed E-state index contributed by atoms with van der Waals surface area (Å²) in [4.78, 5) is 19.2. The summed E-state index contributed by atoms with van der Waals surface area (Å²) >= 11 is 0. The molecule has 3 aromatic rings. The molecule has 3 rings (SSSR count). The molecule has 0 aliphatic rings. The number of carboxylic acid groups (broad SMARTS) is 1. The van der Waals surface area contributed by atoms with Crippen LogP contribution in [0.4, 0.5) is 4.39 Å². The molecule has 0 saturated heterocycles. The van der Waals surface area contributed by atoms with Gasteiger partial charge >= 0.3 is 5.97 Å². The van der Waals surface area contributed by atoms with Gasteiger partial charge in [0.15, 0.2) is 0 Å². The minimum absolute atomic E-state index is 0.0587. The summed E-state index contributed by atoms with van der Waals surface area (Å²) in [5.41, 5.74) is 1.44. The Morgan fingerprint density at radius 3 is 2.87 bits per heavy atom. The number of carbonyl (C=O) groups is 1. The van der Waals surface area contributed by atoms with E-state index in [1.807, 2.05) is 0 Å². The minimum Gasteiger partial charge on any atom is -0.481 e. The molecule has 0 aliphatic carbocycles. The lowest BCUT2D eigenvalue weighted by atomic mass is 10.0. The molecule has 5 nitrogen and oxygen atoms in total. The van der Waals surface area contributed by atoms with Crippen LogP contribution >= 0.6 is 0 Å². The van der Waals surface area contributed by atoms with E-state index < -0.39 is 11.8 Å². The van der Waals surface area contributed by atoms with Crippen molar-refractivity contribution in [3.8, 4) is 5.88 Å². The number of hydrogen-bond donors (Lipinski definition) is 1. The van der Waals surface area contributed by atoms with Crippen LogP contribution in [0.25, 0.3) is 10.9 Å². The number of pyridine rings is 2. The Hall–Kier alpha value is -3.02. The molecule has 2 aromatic heterocycles. The third kappa shape index (κ3) is 2.96. The molecular formula is C17H13FN2O3. The van der Waals surface area contributed by atoms with Crippen molar-refractivity contribution in [2.45, 2.75) is 6.42 Å². The Bertz CT molecular complexity index is 896. The van der Waals surface area contributed by atoms with E-state index in [0.29, 0.717) is 23.3 Å². The Kier molecular flexibility index (Phi) is 3.89. The van der Waals surface area contributed by atoms with E-state index >= 15 is 0 Å². The summed E-state index contributed by atoms with van der Waals surface area (Å²) in [6.07, 6.45) is 2.03. The van der Waals surface area contributed by atoms with E-state index in [0.717, 1.165) is 5.56 Å². The number of fused-ring (bicyclic) bond motifs is 1. The van der Waals surface area contributed by atoms with Crippen molar-refractivity contribution in [3.05, 3.63) is 65.2 Å². The molecule has 0 amide bonds. The summed E-state index contributed by atoms with van der Waals surface area (Å²) < 4.78 is 19.1. The number of para-hydroxylation sites is 1. The van der Waals surface area contributed by atoms with Crippen molar-refractivity contribution in [2.24, 2.45) is 0 Å². The minimum atomic E-state index is -1.19. The zero-order chi connectivity index (χ0) is 16.4. The number of aromatic carboxylic acids is 1. The average Bonchev–Trinajstić information content (AvgIpc) is 2.55. The summed E-state index contributed by atoms with van der Waals surface area (Å²) in [6, 6.07) is 9.60. The molecule has 116 valence electrons. The molecule has 0 bridgehead atoms. The van der Waals surface area contributed by atoms with Gasteiger partial charge < -0.3 is 9.84 Å². The van der Waals surface area contributed by atoms with Gasteiger partial charge in [0.2, 0.25) is 5.88 Å². The molecule has 0 saturated carbocycles. The van der Waals surface area contributed by atoms with E-state index in [-0.39, 0.29) is 11.2 Å². The second-order valence-corrected chi connectivity index (χ2v) is 4.99. The zero-order valence-electron chi connectivity index (χ0n) is 12.3. The largest absolute Gasteiger partial charge is 0.481 e. The predicted octanol–water partition coefficient (Wildman–Crippen LogP) is 3.07. The van der Waals surface area contributed by atoms with E-state index in [1.165, 1.54) is 19.2 Å². The number of methoxy groups -OCH3 is 1. The first-order valence-electron chi connectivity index (χ1n) is 6.89. The lowest BCUT2D eigenvalue weighted by molar-refractivity contribution is 0.0691. The molecule has 0 aliphatic heterocycles. The fraction of sp³-hybridized carbons (Fsp3) is 0.118. The predicted molar refractivity (Wildman–Crippen MR) is 82.3 cm³/mol. The molecule has 1 N–H and O–H groups in total. The number of rotatable bonds is 4. The number of aromatic nitrogens is 2. The summed E-state index contributed by atoms with van der Waals surface area (Å²) in [7, 11) is 1.52. The SMILES string of the molecule is COc1cc(Cc2cc(C(=O)O)nc3c(F)cccc23)ccn1. The number of carboxylic acids is 1. The molecule has 0 radical (unpaired) electrons. The normalized spacial score (nSPS) is 10.7. The Morgan fingerprint density at radius 2 is 2.13 bits per heavy atom. The zero-order valence-corrected chi connectivity index (χ0v) is 12.3. The molecule has 0 fully saturated rings. The van der Waals surface area contributed by atoms with Gasteiger partial charge in [-0.15, -0.1) is 0 Å². The topological polar surface area (TPSA) is 72.3 Å². The Morgan fingerprint density at radius 1 is 1.30 bits per heavy atom. The van der Waals surface area contributed by atoms with Gasteiger partial charge in [0.25, 0.3) is 0 Å². The highest BCUT2D eigenvalue weighted by Crippen LogP contribution is 2.24. The maximum atomic E-state index is 14.0. The van der Waals surface area contributed by atoms with E-state index in [4.69, 9.17) is 4.74 Å². The van der Waals surface area contributed by atoms with Gasteiger partial charge in [-0.05, 0) is 35.7 Å². The van der Waals surface area contributed by atoms with Gasteiger partial charge in [-0.3, -0.25) is 0 Å². The first-order chi connectivity index (χ1) is 11.1. The molecule has 0 spiro atoms. The van der Waals surface area contributed by atoms with Crippen LogP contribution in [0.3, 0.4) is 0 Å². The maximum Gasteiger partial charge on any atom is 0.354 e. The van der Waals surface area contributed by atoms with E-state index in [1.54, 1.807) is 30.5 Å². The second-order valence-electron chi connectivity index (χ2n) is 4.99. The van der Waals surface area contributed by atoms with Gasteiger partial charge in [0.1, 0.15) is 17.0 Å². The lowest BCUT2D eigenvalue weighted by Gasteiger charge is -2.09.